The molecule has 0 saturated carbocycles. The molecule has 1 aromatic rings. The standard InChI is InChI=1S/C21H35N3O3.ClH.2H2S/c1-12(2)17(22)20(25)24-18(13(3)4)21(26)23-16(7)11-27-19-14(5)9-8-10-15(19)6;;;/h8-10,12-13,16-18H,11,22H2,1-7H3,(H,23,26)(H,24,25);1H;2*1H2/t16?,17-,18-;;;/m0.../s1. The molecule has 0 fully saturated rings. The van der Waals surface area contributed by atoms with Crippen LogP contribution in [0.15, 0.2) is 18.2 Å². The summed E-state index contributed by atoms with van der Waals surface area (Å²) in [5.41, 5.74) is 8.00. The van der Waals surface area contributed by atoms with E-state index in [2.05, 4.69) is 10.6 Å². The van der Waals surface area contributed by atoms with E-state index in [1.54, 1.807) is 0 Å². The van der Waals surface area contributed by atoms with Gasteiger partial charge in [-0.3, -0.25) is 9.59 Å². The van der Waals surface area contributed by atoms with E-state index in [-0.39, 0.29) is 69.1 Å². The first-order valence-electron chi connectivity index (χ1n) is 9.59. The Labute approximate surface area is 201 Å². The van der Waals surface area contributed by atoms with Crippen LogP contribution < -0.4 is 21.1 Å². The number of hydrogen-bond acceptors (Lipinski definition) is 4. The number of ether oxygens (including phenoxy) is 1. The van der Waals surface area contributed by atoms with E-state index < -0.39 is 12.1 Å². The Kier molecular flexibility index (Phi) is 17.5. The van der Waals surface area contributed by atoms with E-state index in [4.69, 9.17) is 10.5 Å². The van der Waals surface area contributed by atoms with Crippen LogP contribution in [0.1, 0.15) is 45.7 Å². The highest BCUT2D eigenvalue weighted by atomic mass is 35.5. The molecule has 1 aromatic carbocycles. The zero-order valence-electron chi connectivity index (χ0n) is 19.0. The number of hydrogen-bond donors (Lipinski definition) is 3. The summed E-state index contributed by atoms with van der Waals surface area (Å²) in [6.07, 6.45) is 0. The van der Waals surface area contributed by atoms with Crippen molar-refractivity contribution in [3.05, 3.63) is 29.3 Å². The van der Waals surface area contributed by atoms with E-state index in [9.17, 15) is 9.59 Å². The number of para-hydroxylation sites is 1. The second-order valence-electron chi connectivity index (χ2n) is 7.94. The molecule has 0 aliphatic rings. The van der Waals surface area contributed by atoms with Crippen LogP contribution in [0, 0.1) is 25.7 Å². The smallest absolute Gasteiger partial charge is 0.243 e. The van der Waals surface area contributed by atoms with Crippen LogP contribution in [-0.4, -0.2) is 36.5 Å². The van der Waals surface area contributed by atoms with Crippen molar-refractivity contribution in [2.24, 2.45) is 17.6 Å². The van der Waals surface area contributed by atoms with E-state index in [1.807, 2.05) is 66.7 Å². The van der Waals surface area contributed by atoms with Crippen LogP contribution in [0.25, 0.3) is 0 Å². The van der Waals surface area contributed by atoms with Gasteiger partial charge in [0.1, 0.15) is 18.4 Å². The van der Waals surface area contributed by atoms with Crippen LogP contribution in [-0.2, 0) is 9.59 Å². The van der Waals surface area contributed by atoms with Crippen LogP contribution >= 0.6 is 39.4 Å². The van der Waals surface area contributed by atoms with Gasteiger partial charge in [-0.1, -0.05) is 45.9 Å². The number of benzene rings is 1. The SMILES string of the molecule is Cc1cccc(C)c1OCC(C)NC(=O)[C@@H](NC(=O)[C@@H](N)C(C)C)C(C)C.Cl.S.S. The van der Waals surface area contributed by atoms with E-state index in [0.717, 1.165) is 16.9 Å². The molecule has 0 aliphatic heterocycles. The summed E-state index contributed by atoms with van der Waals surface area (Å²) >= 11 is 0. The average molecular weight is 482 g/mol. The second kappa shape index (κ2) is 15.7. The number of carbonyl (C=O) groups is 2. The third-order valence-electron chi connectivity index (χ3n) is 4.54. The fraction of sp³-hybridized carbons (Fsp3) is 0.619. The Hall–Kier alpha value is -1.09. The van der Waals surface area contributed by atoms with Crippen LogP contribution in [0.2, 0.25) is 0 Å². The molecule has 176 valence electrons. The Bertz CT molecular complexity index is 640. The molecule has 6 nitrogen and oxygen atoms in total. The quantitative estimate of drug-likeness (QED) is 0.505. The summed E-state index contributed by atoms with van der Waals surface area (Å²) in [5.74, 6) is 0.256. The van der Waals surface area contributed by atoms with E-state index in [1.165, 1.54) is 0 Å². The number of nitrogens with one attached hydrogen (secondary N) is 2. The summed E-state index contributed by atoms with van der Waals surface area (Å²) in [6.45, 7) is 13.8. The zero-order valence-corrected chi connectivity index (χ0v) is 21.9. The summed E-state index contributed by atoms with van der Waals surface area (Å²) < 4.78 is 5.90. The number of nitrogens with two attached hydrogens (primary N) is 1. The molecule has 2 amide bonds. The molecular weight excluding hydrogens is 442 g/mol. The highest BCUT2D eigenvalue weighted by molar-refractivity contribution is 7.59. The molecule has 0 aliphatic carbocycles. The van der Waals surface area contributed by atoms with Gasteiger partial charge in [0.2, 0.25) is 11.8 Å². The van der Waals surface area contributed by atoms with Crippen molar-refractivity contribution in [2.45, 2.75) is 66.6 Å². The molecule has 0 saturated heterocycles. The number of amides is 2. The number of aryl methyl sites for hydroxylation is 2. The first-order chi connectivity index (χ1) is 12.5. The summed E-state index contributed by atoms with van der Waals surface area (Å²) in [5, 5.41) is 5.70. The maximum atomic E-state index is 12.6. The van der Waals surface area contributed by atoms with Gasteiger partial charge in [-0.05, 0) is 43.7 Å². The van der Waals surface area contributed by atoms with Crippen molar-refractivity contribution in [3.63, 3.8) is 0 Å². The normalized spacial score (nSPS) is 13.1. The summed E-state index contributed by atoms with van der Waals surface area (Å²) in [4.78, 5) is 24.9. The van der Waals surface area contributed by atoms with E-state index >= 15 is 0 Å². The zero-order chi connectivity index (χ0) is 20.7. The maximum absolute atomic E-state index is 12.6. The minimum atomic E-state index is -0.635. The third kappa shape index (κ3) is 10.3. The van der Waals surface area contributed by atoms with Crippen LogP contribution in [0.5, 0.6) is 5.75 Å². The fourth-order valence-electron chi connectivity index (χ4n) is 2.70. The van der Waals surface area contributed by atoms with Crippen molar-refractivity contribution >= 4 is 51.2 Å². The molecule has 0 aromatic heterocycles. The largest absolute Gasteiger partial charge is 0.491 e. The van der Waals surface area contributed by atoms with Crippen molar-refractivity contribution in [1.82, 2.24) is 10.6 Å². The Morgan fingerprint density at radius 1 is 0.933 bits per heavy atom. The molecule has 0 bridgehead atoms. The molecule has 1 unspecified atom stereocenters. The molecule has 3 atom stereocenters. The lowest BCUT2D eigenvalue weighted by atomic mass is 10.00. The minimum Gasteiger partial charge on any atom is -0.491 e. The summed E-state index contributed by atoms with van der Waals surface area (Å²) in [7, 11) is 0. The Morgan fingerprint density at radius 2 is 1.43 bits per heavy atom. The van der Waals surface area contributed by atoms with Gasteiger partial charge in [-0.25, -0.2) is 0 Å². The van der Waals surface area contributed by atoms with Gasteiger partial charge in [0.25, 0.3) is 0 Å². The highest BCUT2D eigenvalue weighted by Crippen LogP contribution is 2.22. The van der Waals surface area contributed by atoms with Gasteiger partial charge < -0.3 is 21.1 Å². The minimum absolute atomic E-state index is 0. The van der Waals surface area contributed by atoms with Crippen LogP contribution in [0.3, 0.4) is 0 Å². The monoisotopic (exact) mass is 481 g/mol. The molecule has 9 heteroatoms. The molecule has 0 heterocycles. The van der Waals surface area contributed by atoms with Gasteiger partial charge in [0, 0.05) is 0 Å². The first kappa shape index (κ1) is 33.5. The topological polar surface area (TPSA) is 93.5 Å². The van der Waals surface area contributed by atoms with Gasteiger partial charge in [-0.15, -0.1) is 12.4 Å². The molecule has 0 spiro atoms. The summed E-state index contributed by atoms with van der Waals surface area (Å²) in [6, 6.07) is 4.50. The van der Waals surface area contributed by atoms with Crippen LogP contribution in [0.4, 0.5) is 0 Å². The van der Waals surface area contributed by atoms with Gasteiger partial charge >= 0.3 is 0 Å². The Balaban J connectivity index is -0.00000243. The van der Waals surface area contributed by atoms with Gasteiger partial charge in [-0.2, -0.15) is 27.0 Å². The maximum Gasteiger partial charge on any atom is 0.243 e. The van der Waals surface area contributed by atoms with E-state index in [0.29, 0.717) is 6.61 Å². The fourth-order valence-corrected chi connectivity index (χ4v) is 2.70. The van der Waals surface area contributed by atoms with Gasteiger partial charge in [0.15, 0.2) is 0 Å². The van der Waals surface area contributed by atoms with Crippen molar-refractivity contribution in [1.29, 1.82) is 0 Å². The first-order valence-corrected chi connectivity index (χ1v) is 9.59. The average Bonchev–Trinajstić information content (AvgIpc) is 2.57. The molecular formula is C21H40ClN3O3S2. The Morgan fingerprint density at radius 3 is 1.87 bits per heavy atom. The third-order valence-corrected chi connectivity index (χ3v) is 4.54. The number of carbonyl (C=O) groups excluding carboxylic acids is 2. The predicted molar refractivity (Wildman–Crippen MR) is 137 cm³/mol. The lowest BCUT2D eigenvalue weighted by molar-refractivity contribution is -0.131. The number of halogens is 1. The molecule has 0 radical (unpaired) electrons. The van der Waals surface area contributed by atoms with Crippen molar-refractivity contribution in [2.75, 3.05) is 6.61 Å². The molecule has 4 N–H and O–H groups in total. The lowest BCUT2D eigenvalue weighted by Crippen LogP contribution is -2.56. The predicted octanol–water partition coefficient (Wildman–Crippen LogP) is 2.96. The molecule has 1 rings (SSSR count). The second-order valence-corrected chi connectivity index (χ2v) is 7.94. The molecule has 30 heavy (non-hydrogen) atoms. The van der Waals surface area contributed by atoms with Gasteiger partial charge in [0.05, 0.1) is 12.1 Å². The highest BCUT2D eigenvalue weighted by Gasteiger charge is 2.28. The van der Waals surface area contributed by atoms with Crippen molar-refractivity contribution < 1.29 is 14.3 Å². The number of rotatable bonds is 9. The lowest BCUT2D eigenvalue weighted by Gasteiger charge is -2.26. The van der Waals surface area contributed by atoms with Crippen molar-refractivity contribution in [3.8, 4) is 5.75 Å².